The van der Waals surface area contributed by atoms with E-state index < -0.39 is 17.7 Å². The summed E-state index contributed by atoms with van der Waals surface area (Å²) in [5, 5.41) is 2.17. The second-order valence-electron chi connectivity index (χ2n) is 5.11. The molecular formula is C18H16O5. The van der Waals surface area contributed by atoms with Gasteiger partial charge in [-0.1, -0.05) is 18.2 Å². The Balaban J connectivity index is 2.01. The normalized spacial score (nSPS) is 12.3. The van der Waals surface area contributed by atoms with Crippen LogP contribution in [0.5, 0.6) is 5.75 Å². The Morgan fingerprint density at radius 2 is 1.87 bits per heavy atom. The van der Waals surface area contributed by atoms with Gasteiger partial charge >= 0.3 is 11.6 Å². The highest BCUT2D eigenvalue weighted by molar-refractivity contribution is 6.04. The monoisotopic (exact) mass is 312 g/mol. The molecule has 0 aliphatic rings. The molecule has 1 aromatic heterocycles. The van der Waals surface area contributed by atoms with Crippen molar-refractivity contribution in [2.24, 2.45) is 0 Å². The lowest BCUT2D eigenvalue weighted by Gasteiger charge is -2.13. The second kappa shape index (κ2) is 6.12. The maximum absolute atomic E-state index is 12.0. The van der Waals surface area contributed by atoms with Crippen molar-refractivity contribution >= 4 is 27.7 Å². The Bertz CT molecular complexity index is 925. The largest absolute Gasteiger partial charge is 0.479 e. The molecule has 2 aromatic carbocycles. The predicted molar refractivity (Wildman–Crippen MR) is 86.7 cm³/mol. The van der Waals surface area contributed by atoms with Gasteiger partial charge in [0, 0.05) is 11.5 Å². The van der Waals surface area contributed by atoms with Gasteiger partial charge in [-0.3, -0.25) is 0 Å². The van der Waals surface area contributed by atoms with Crippen LogP contribution in [-0.4, -0.2) is 18.7 Å². The minimum Gasteiger partial charge on any atom is -0.479 e. The van der Waals surface area contributed by atoms with Crippen LogP contribution < -0.4 is 10.4 Å². The number of carbonyl (C=O) groups excluding carboxylic acids is 1. The molecule has 23 heavy (non-hydrogen) atoms. The minimum atomic E-state index is -0.737. The van der Waals surface area contributed by atoms with Crippen molar-refractivity contribution in [3.63, 3.8) is 0 Å². The summed E-state index contributed by atoms with van der Waals surface area (Å²) in [5.41, 5.74) is 0.0194. The predicted octanol–water partition coefficient (Wildman–Crippen LogP) is 3.28. The third-order valence-corrected chi connectivity index (χ3v) is 3.52. The molecule has 3 rings (SSSR count). The summed E-state index contributed by atoms with van der Waals surface area (Å²) in [7, 11) is 0. The number of benzene rings is 2. The van der Waals surface area contributed by atoms with Crippen molar-refractivity contribution in [2.45, 2.75) is 20.0 Å². The molecule has 0 saturated heterocycles. The smallest absolute Gasteiger partial charge is 0.347 e. The van der Waals surface area contributed by atoms with Crippen LogP contribution in [0.4, 0.5) is 0 Å². The first-order chi connectivity index (χ1) is 11.1. The zero-order valence-electron chi connectivity index (χ0n) is 12.9. The van der Waals surface area contributed by atoms with Crippen molar-refractivity contribution in [1.82, 2.24) is 0 Å². The van der Waals surface area contributed by atoms with E-state index in [9.17, 15) is 9.59 Å². The molecule has 1 atom stereocenters. The van der Waals surface area contributed by atoms with Gasteiger partial charge in [0.25, 0.3) is 0 Å². The number of esters is 1. The summed E-state index contributed by atoms with van der Waals surface area (Å²) in [5.74, 6) is 0.00375. The molecule has 0 spiro atoms. The second-order valence-corrected chi connectivity index (χ2v) is 5.11. The molecule has 0 saturated carbocycles. The maximum atomic E-state index is 12.0. The van der Waals surface area contributed by atoms with E-state index in [4.69, 9.17) is 13.9 Å². The van der Waals surface area contributed by atoms with Crippen LogP contribution in [0.15, 0.2) is 51.7 Å². The first-order valence-electron chi connectivity index (χ1n) is 7.39. The number of ether oxygens (including phenoxy) is 2. The SMILES string of the molecule is CCOC(=O)[C@H](C)Oc1ccc2c(c1)oc(=O)c1ccccc12. The summed E-state index contributed by atoms with van der Waals surface area (Å²) in [6.45, 7) is 3.64. The molecule has 0 bridgehead atoms. The molecule has 3 aromatic rings. The molecule has 0 unspecified atom stereocenters. The zero-order valence-corrected chi connectivity index (χ0v) is 12.9. The number of rotatable bonds is 4. The summed E-state index contributed by atoms with van der Waals surface area (Å²) < 4.78 is 15.8. The summed E-state index contributed by atoms with van der Waals surface area (Å²) in [4.78, 5) is 23.7. The fourth-order valence-electron chi connectivity index (χ4n) is 2.45. The van der Waals surface area contributed by atoms with Crippen LogP contribution in [0.25, 0.3) is 21.7 Å². The number of carbonyl (C=O) groups is 1. The standard InChI is InChI=1S/C18H16O5/c1-3-21-17(19)11(2)22-12-8-9-14-13-6-4-5-7-15(13)18(20)23-16(14)10-12/h4-11H,3H2,1-2H3/t11-/m0/s1. The Kier molecular flexibility index (Phi) is 4.02. The number of fused-ring (bicyclic) bond motifs is 3. The molecule has 0 amide bonds. The van der Waals surface area contributed by atoms with Crippen LogP contribution >= 0.6 is 0 Å². The molecule has 5 nitrogen and oxygen atoms in total. The van der Waals surface area contributed by atoms with E-state index in [1.807, 2.05) is 18.2 Å². The van der Waals surface area contributed by atoms with Crippen LogP contribution in [0.3, 0.4) is 0 Å². The Labute approximate surface area is 132 Å². The van der Waals surface area contributed by atoms with Crippen LogP contribution in [-0.2, 0) is 9.53 Å². The molecule has 118 valence electrons. The van der Waals surface area contributed by atoms with Crippen LogP contribution in [0.1, 0.15) is 13.8 Å². The Morgan fingerprint density at radius 1 is 1.13 bits per heavy atom. The molecule has 0 aliphatic heterocycles. The first-order valence-corrected chi connectivity index (χ1v) is 7.39. The lowest BCUT2D eigenvalue weighted by atomic mass is 10.1. The van der Waals surface area contributed by atoms with E-state index in [0.29, 0.717) is 23.3 Å². The minimum absolute atomic E-state index is 0.297. The van der Waals surface area contributed by atoms with E-state index in [2.05, 4.69) is 0 Å². The van der Waals surface area contributed by atoms with Crippen molar-refractivity contribution < 1.29 is 18.7 Å². The molecule has 1 heterocycles. The topological polar surface area (TPSA) is 65.7 Å². The summed E-state index contributed by atoms with van der Waals surface area (Å²) in [6.07, 6.45) is -0.737. The van der Waals surface area contributed by atoms with Crippen molar-refractivity contribution in [1.29, 1.82) is 0 Å². The fourth-order valence-corrected chi connectivity index (χ4v) is 2.45. The first kappa shape index (κ1) is 15.1. The highest BCUT2D eigenvalue weighted by Crippen LogP contribution is 2.26. The quantitative estimate of drug-likeness (QED) is 0.420. The summed E-state index contributed by atoms with van der Waals surface area (Å²) >= 11 is 0. The highest BCUT2D eigenvalue weighted by Gasteiger charge is 2.16. The van der Waals surface area contributed by atoms with Crippen molar-refractivity contribution in [2.75, 3.05) is 6.61 Å². The Morgan fingerprint density at radius 3 is 2.61 bits per heavy atom. The fraction of sp³-hybridized carbons (Fsp3) is 0.222. The van der Waals surface area contributed by atoms with Gasteiger partial charge in [0.2, 0.25) is 0 Å². The third-order valence-electron chi connectivity index (χ3n) is 3.52. The molecular weight excluding hydrogens is 296 g/mol. The van der Waals surface area contributed by atoms with Crippen LogP contribution in [0, 0.1) is 0 Å². The highest BCUT2D eigenvalue weighted by atomic mass is 16.6. The average Bonchev–Trinajstić information content (AvgIpc) is 2.55. The van der Waals surface area contributed by atoms with Gasteiger partial charge in [-0.15, -0.1) is 0 Å². The number of hydrogen-bond donors (Lipinski definition) is 0. The van der Waals surface area contributed by atoms with E-state index in [1.165, 1.54) is 0 Å². The molecule has 0 aliphatic carbocycles. The molecule has 0 N–H and O–H groups in total. The van der Waals surface area contributed by atoms with E-state index >= 15 is 0 Å². The summed E-state index contributed by atoms with van der Waals surface area (Å²) in [6, 6.07) is 12.4. The third kappa shape index (κ3) is 2.90. The molecule has 0 fully saturated rings. The molecule has 0 radical (unpaired) electrons. The van der Waals surface area contributed by atoms with E-state index in [-0.39, 0.29) is 0 Å². The van der Waals surface area contributed by atoms with Crippen molar-refractivity contribution in [3.8, 4) is 5.75 Å². The van der Waals surface area contributed by atoms with Gasteiger partial charge < -0.3 is 13.9 Å². The number of hydrogen-bond acceptors (Lipinski definition) is 5. The lowest BCUT2D eigenvalue weighted by molar-refractivity contribution is -0.150. The average molecular weight is 312 g/mol. The van der Waals surface area contributed by atoms with Gasteiger partial charge in [-0.05, 0) is 37.4 Å². The lowest BCUT2D eigenvalue weighted by Crippen LogP contribution is -2.26. The van der Waals surface area contributed by atoms with Gasteiger partial charge in [0.15, 0.2) is 6.10 Å². The van der Waals surface area contributed by atoms with Gasteiger partial charge in [0.1, 0.15) is 11.3 Å². The van der Waals surface area contributed by atoms with Gasteiger partial charge in [0.05, 0.1) is 12.0 Å². The van der Waals surface area contributed by atoms with E-state index in [0.717, 1.165) is 10.8 Å². The molecule has 5 heteroatoms. The van der Waals surface area contributed by atoms with Gasteiger partial charge in [-0.2, -0.15) is 0 Å². The van der Waals surface area contributed by atoms with Gasteiger partial charge in [-0.25, -0.2) is 9.59 Å². The maximum Gasteiger partial charge on any atom is 0.347 e. The zero-order chi connectivity index (χ0) is 16.4. The van der Waals surface area contributed by atoms with E-state index in [1.54, 1.807) is 38.1 Å². The van der Waals surface area contributed by atoms with Crippen LogP contribution in [0.2, 0.25) is 0 Å². The Hall–Kier alpha value is -2.82. The van der Waals surface area contributed by atoms with Crippen molar-refractivity contribution in [3.05, 3.63) is 52.9 Å².